The third kappa shape index (κ3) is 3.65. The molecule has 0 aromatic heterocycles. The SMILES string of the molecule is C=C(/C=C(\N=C(N)N)C1Cc2ccccc2O1)N1CCNCC1. The molecule has 0 aliphatic carbocycles. The van der Waals surface area contributed by atoms with E-state index in [2.05, 4.69) is 27.9 Å². The second-order valence-electron chi connectivity index (χ2n) is 5.75. The van der Waals surface area contributed by atoms with E-state index < -0.39 is 0 Å². The number of nitrogens with zero attached hydrogens (tertiary/aromatic N) is 2. The Hall–Kier alpha value is -2.47. The van der Waals surface area contributed by atoms with Gasteiger partial charge >= 0.3 is 0 Å². The second kappa shape index (κ2) is 6.75. The van der Waals surface area contributed by atoms with E-state index >= 15 is 0 Å². The molecule has 1 unspecified atom stereocenters. The van der Waals surface area contributed by atoms with Gasteiger partial charge in [-0.15, -0.1) is 0 Å². The van der Waals surface area contributed by atoms with E-state index in [1.54, 1.807) is 0 Å². The lowest BCUT2D eigenvalue weighted by atomic mass is 10.1. The molecule has 1 aromatic carbocycles. The van der Waals surface area contributed by atoms with Crippen LogP contribution in [0.5, 0.6) is 5.75 Å². The molecule has 122 valence electrons. The first kappa shape index (κ1) is 15.4. The number of aliphatic imine (C=N–C) groups is 1. The Morgan fingerprint density at radius 2 is 2.04 bits per heavy atom. The molecule has 6 heteroatoms. The summed E-state index contributed by atoms with van der Waals surface area (Å²) in [6, 6.07) is 8.00. The summed E-state index contributed by atoms with van der Waals surface area (Å²) >= 11 is 0. The average molecular weight is 313 g/mol. The zero-order chi connectivity index (χ0) is 16.2. The van der Waals surface area contributed by atoms with Crippen LogP contribution in [0.1, 0.15) is 5.56 Å². The molecule has 5 N–H and O–H groups in total. The molecule has 23 heavy (non-hydrogen) atoms. The van der Waals surface area contributed by atoms with E-state index in [9.17, 15) is 0 Å². The molecule has 1 fully saturated rings. The van der Waals surface area contributed by atoms with Crippen LogP contribution in [0.3, 0.4) is 0 Å². The molecule has 3 rings (SSSR count). The smallest absolute Gasteiger partial charge is 0.190 e. The van der Waals surface area contributed by atoms with Gasteiger partial charge in [0.2, 0.25) is 0 Å². The van der Waals surface area contributed by atoms with Gasteiger partial charge < -0.3 is 26.4 Å². The van der Waals surface area contributed by atoms with Gasteiger partial charge in [-0.2, -0.15) is 0 Å². The van der Waals surface area contributed by atoms with Crippen LogP contribution in [0.4, 0.5) is 0 Å². The largest absolute Gasteiger partial charge is 0.483 e. The third-order valence-electron chi connectivity index (χ3n) is 4.07. The molecule has 0 bridgehead atoms. The minimum Gasteiger partial charge on any atom is -0.483 e. The molecule has 0 amide bonds. The Morgan fingerprint density at radius 3 is 2.74 bits per heavy atom. The summed E-state index contributed by atoms with van der Waals surface area (Å²) in [5.74, 6) is 0.922. The number of hydrogen-bond acceptors (Lipinski definition) is 4. The number of piperazine rings is 1. The summed E-state index contributed by atoms with van der Waals surface area (Å²) in [6.07, 6.45) is 2.50. The quantitative estimate of drug-likeness (QED) is 0.429. The van der Waals surface area contributed by atoms with Crippen molar-refractivity contribution in [2.75, 3.05) is 26.2 Å². The van der Waals surface area contributed by atoms with Gasteiger partial charge in [0, 0.05) is 38.3 Å². The highest BCUT2D eigenvalue weighted by molar-refractivity contribution is 5.77. The molecule has 0 spiro atoms. The van der Waals surface area contributed by atoms with Crippen LogP contribution >= 0.6 is 0 Å². The standard InChI is InChI=1S/C17H23N5O/c1-12(22-8-6-20-7-9-22)10-14(21-17(18)19)16-11-13-4-2-3-5-15(13)23-16/h2-5,10,16,20H,1,6-9,11H2,(H4,18,19,21)/b14-10-. The van der Waals surface area contributed by atoms with Gasteiger partial charge in [0.05, 0.1) is 5.70 Å². The van der Waals surface area contributed by atoms with E-state index in [0.29, 0.717) is 5.70 Å². The van der Waals surface area contributed by atoms with Gasteiger partial charge in [-0.05, 0) is 17.7 Å². The Morgan fingerprint density at radius 1 is 1.30 bits per heavy atom. The monoisotopic (exact) mass is 313 g/mol. The normalized spacial score (nSPS) is 20.6. The molecule has 2 heterocycles. The maximum Gasteiger partial charge on any atom is 0.190 e. The van der Waals surface area contributed by atoms with Crippen LogP contribution in [0, 0.1) is 0 Å². The molecular formula is C17H23N5O. The van der Waals surface area contributed by atoms with Crippen LogP contribution in [-0.2, 0) is 6.42 Å². The first-order valence-electron chi connectivity index (χ1n) is 7.84. The van der Waals surface area contributed by atoms with Gasteiger partial charge in [0.1, 0.15) is 11.9 Å². The van der Waals surface area contributed by atoms with Crippen LogP contribution in [0.15, 0.2) is 53.3 Å². The molecule has 1 aromatic rings. The number of hydrogen-bond donors (Lipinski definition) is 3. The average Bonchev–Trinajstić information content (AvgIpc) is 2.98. The zero-order valence-corrected chi connectivity index (χ0v) is 13.2. The van der Waals surface area contributed by atoms with Crippen LogP contribution in [-0.4, -0.2) is 43.1 Å². The van der Waals surface area contributed by atoms with Gasteiger partial charge in [0.15, 0.2) is 5.96 Å². The molecular weight excluding hydrogens is 290 g/mol. The number of ether oxygens (including phenoxy) is 1. The van der Waals surface area contributed by atoms with Crippen LogP contribution in [0.2, 0.25) is 0 Å². The van der Waals surface area contributed by atoms with E-state index in [4.69, 9.17) is 16.2 Å². The van der Waals surface area contributed by atoms with Gasteiger partial charge in [-0.3, -0.25) is 0 Å². The van der Waals surface area contributed by atoms with Crippen molar-refractivity contribution in [2.45, 2.75) is 12.5 Å². The van der Waals surface area contributed by atoms with Crippen molar-refractivity contribution in [3.63, 3.8) is 0 Å². The van der Waals surface area contributed by atoms with Gasteiger partial charge in [-0.1, -0.05) is 24.8 Å². The highest BCUT2D eigenvalue weighted by atomic mass is 16.5. The summed E-state index contributed by atoms with van der Waals surface area (Å²) < 4.78 is 6.00. The fourth-order valence-electron chi connectivity index (χ4n) is 2.91. The first-order valence-corrected chi connectivity index (χ1v) is 7.84. The lowest BCUT2D eigenvalue weighted by Gasteiger charge is -2.30. The fraction of sp³-hybridized carbons (Fsp3) is 0.353. The topological polar surface area (TPSA) is 88.9 Å². The van der Waals surface area contributed by atoms with E-state index in [-0.39, 0.29) is 12.1 Å². The van der Waals surface area contributed by atoms with Crippen molar-refractivity contribution in [3.05, 3.63) is 53.9 Å². The van der Waals surface area contributed by atoms with Crippen molar-refractivity contribution < 1.29 is 4.74 Å². The van der Waals surface area contributed by atoms with Gasteiger partial charge in [-0.25, -0.2) is 4.99 Å². The highest BCUT2D eigenvalue weighted by Gasteiger charge is 2.26. The fourth-order valence-corrected chi connectivity index (χ4v) is 2.91. The zero-order valence-electron chi connectivity index (χ0n) is 13.2. The second-order valence-corrected chi connectivity index (χ2v) is 5.75. The minimum absolute atomic E-state index is 0.0314. The number of nitrogens with two attached hydrogens (primary N) is 2. The first-order chi connectivity index (χ1) is 11.1. The molecule has 1 atom stereocenters. The van der Waals surface area contributed by atoms with E-state index in [0.717, 1.165) is 44.0 Å². The number of fused-ring (bicyclic) bond motifs is 1. The maximum atomic E-state index is 6.00. The van der Waals surface area contributed by atoms with Crippen molar-refractivity contribution in [2.24, 2.45) is 16.5 Å². The number of para-hydroxylation sites is 1. The van der Waals surface area contributed by atoms with Crippen molar-refractivity contribution in [3.8, 4) is 5.75 Å². The third-order valence-corrected chi connectivity index (χ3v) is 4.07. The minimum atomic E-state index is -0.186. The lowest BCUT2D eigenvalue weighted by Crippen LogP contribution is -2.42. The number of guanidine groups is 1. The molecule has 0 saturated carbocycles. The van der Waals surface area contributed by atoms with Crippen molar-refractivity contribution in [1.29, 1.82) is 0 Å². The molecule has 0 radical (unpaired) electrons. The number of rotatable bonds is 4. The highest BCUT2D eigenvalue weighted by Crippen LogP contribution is 2.32. The van der Waals surface area contributed by atoms with E-state index in [1.807, 2.05) is 24.3 Å². The summed E-state index contributed by atoms with van der Waals surface area (Å²) in [4.78, 5) is 6.51. The Labute approximate surface area is 136 Å². The maximum absolute atomic E-state index is 6.00. The summed E-state index contributed by atoms with van der Waals surface area (Å²) in [5, 5.41) is 3.33. The van der Waals surface area contributed by atoms with Crippen LogP contribution < -0.4 is 21.5 Å². The lowest BCUT2D eigenvalue weighted by molar-refractivity contribution is 0.266. The number of nitrogens with one attached hydrogen (secondary N) is 1. The van der Waals surface area contributed by atoms with E-state index in [1.165, 1.54) is 5.56 Å². The Bertz CT molecular complexity index is 617. The number of benzene rings is 1. The molecule has 6 nitrogen and oxygen atoms in total. The predicted octanol–water partition coefficient (Wildman–Crippen LogP) is 0.566. The van der Waals surface area contributed by atoms with Gasteiger partial charge in [0.25, 0.3) is 0 Å². The van der Waals surface area contributed by atoms with Crippen LogP contribution in [0.25, 0.3) is 0 Å². The molecule has 1 saturated heterocycles. The summed E-state index contributed by atoms with van der Waals surface area (Å²) in [5.41, 5.74) is 14.0. The Kier molecular flexibility index (Phi) is 4.52. The Balaban J connectivity index is 1.80. The predicted molar refractivity (Wildman–Crippen MR) is 92.0 cm³/mol. The van der Waals surface area contributed by atoms with Crippen molar-refractivity contribution in [1.82, 2.24) is 10.2 Å². The summed E-state index contributed by atoms with van der Waals surface area (Å²) in [6.45, 7) is 7.92. The summed E-state index contributed by atoms with van der Waals surface area (Å²) in [7, 11) is 0. The molecule has 2 aliphatic heterocycles. The number of allylic oxidation sites excluding steroid dienone is 1. The van der Waals surface area contributed by atoms with Crippen molar-refractivity contribution >= 4 is 5.96 Å². The molecule has 2 aliphatic rings.